The monoisotopic (exact) mass is 222 g/mol. The highest BCUT2D eigenvalue weighted by Gasteiger charge is 2.13. The summed E-state index contributed by atoms with van der Waals surface area (Å²) in [5.41, 5.74) is 0.706. The molecule has 0 fully saturated rings. The Bertz CT molecular complexity index is 331. The molecule has 1 rings (SSSR count). The number of aromatic nitrogens is 1. The van der Waals surface area contributed by atoms with Crippen molar-refractivity contribution >= 4 is 11.6 Å². The fourth-order valence-corrected chi connectivity index (χ4v) is 1.48. The van der Waals surface area contributed by atoms with Gasteiger partial charge < -0.3 is 10.1 Å². The fourth-order valence-electron chi connectivity index (χ4n) is 1.48. The summed E-state index contributed by atoms with van der Waals surface area (Å²) in [7, 11) is 1.56. The highest BCUT2D eigenvalue weighted by atomic mass is 16.5. The summed E-state index contributed by atoms with van der Waals surface area (Å²) in [6.45, 7) is 4.03. The van der Waals surface area contributed by atoms with Crippen molar-refractivity contribution in [2.24, 2.45) is 5.92 Å². The van der Waals surface area contributed by atoms with Crippen LogP contribution in [0, 0.1) is 5.92 Å². The molecule has 0 unspecified atom stereocenters. The number of hydrogen-bond donors (Lipinski definition) is 1. The van der Waals surface area contributed by atoms with Gasteiger partial charge in [-0.15, -0.1) is 0 Å². The van der Waals surface area contributed by atoms with Crippen LogP contribution in [-0.4, -0.2) is 18.0 Å². The number of anilines is 1. The summed E-state index contributed by atoms with van der Waals surface area (Å²) >= 11 is 0. The lowest BCUT2D eigenvalue weighted by molar-refractivity contribution is -0.120. The van der Waals surface area contributed by atoms with E-state index in [-0.39, 0.29) is 11.8 Å². The lowest BCUT2D eigenvalue weighted by atomic mass is 10.0. The molecule has 1 aromatic rings. The maximum atomic E-state index is 11.8. The minimum absolute atomic E-state index is 0.0527. The Labute approximate surface area is 96.0 Å². The minimum Gasteiger partial charge on any atom is -0.481 e. The Morgan fingerprint density at radius 1 is 1.44 bits per heavy atom. The van der Waals surface area contributed by atoms with Gasteiger partial charge in [-0.05, 0) is 18.9 Å². The second kappa shape index (κ2) is 6.10. The third-order valence-corrected chi connectivity index (χ3v) is 2.57. The molecule has 1 heterocycles. The standard InChI is InChI=1S/C12H18N2O2/c1-4-9(5-2)12(15)14-10-6-7-11(16-3)13-8-10/h6-9H,4-5H2,1-3H3,(H,14,15). The summed E-state index contributed by atoms with van der Waals surface area (Å²) in [6.07, 6.45) is 3.30. The maximum absolute atomic E-state index is 11.8. The Kier molecular flexibility index (Phi) is 4.76. The van der Waals surface area contributed by atoms with Crippen LogP contribution in [0.5, 0.6) is 5.88 Å². The molecule has 0 saturated carbocycles. The molecule has 16 heavy (non-hydrogen) atoms. The van der Waals surface area contributed by atoms with E-state index in [1.807, 2.05) is 13.8 Å². The van der Waals surface area contributed by atoms with Crippen molar-refractivity contribution in [2.75, 3.05) is 12.4 Å². The number of hydrogen-bond acceptors (Lipinski definition) is 3. The van der Waals surface area contributed by atoms with Crippen LogP contribution in [0.1, 0.15) is 26.7 Å². The molecule has 0 aliphatic heterocycles. The third kappa shape index (κ3) is 3.22. The Morgan fingerprint density at radius 3 is 2.56 bits per heavy atom. The van der Waals surface area contributed by atoms with E-state index in [0.717, 1.165) is 12.8 Å². The molecule has 0 atom stereocenters. The molecule has 0 aliphatic carbocycles. The van der Waals surface area contributed by atoms with Gasteiger partial charge in [-0.3, -0.25) is 4.79 Å². The summed E-state index contributed by atoms with van der Waals surface area (Å²) in [5, 5.41) is 2.84. The predicted molar refractivity (Wildman–Crippen MR) is 63.5 cm³/mol. The van der Waals surface area contributed by atoms with Crippen molar-refractivity contribution < 1.29 is 9.53 Å². The molecule has 0 bridgehead atoms. The van der Waals surface area contributed by atoms with Crippen molar-refractivity contribution in [1.29, 1.82) is 0 Å². The van der Waals surface area contributed by atoms with E-state index in [1.54, 1.807) is 25.4 Å². The van der Waals surface area contributed by atoms with Crippen molar-refractivity contribution in [3.63, 3.8) is 0 Å². The third-order valence-electron chi connectivity index (χ3n) is 2.57. The van der Waals surface area contributed by atoms with Crippen LogP contribution in [-0.2, 0) is 4.79 Å². The van der Waals surface area contributed by atoms with Crippen molar-refractivity contribution in [3.05, 3.63) is 18.3 Å². The van der Waals surface area contributed by atoms with Gasteiger partial charge in [0.05, 0.1) is 19.0 Å². The molecule has 0 radical (unpaired) electrons. The number of methoxy groups -OCH3 is 1. The maximum Gasteiger partial charge on any atom is 0.227 e. The highest BCUT2D eigenvalue weighted by molar-refractivity contribution is 5.92. The molecule has 1 N–H and O–H groups in total. The lowest BCUT2D eigenvalue weighted by Crippen LogP contribution is -2.21. The van der Waals surface area contributed by atoms with Crippen molar-refractivity contribution in [1.82, 2.24) is 4.98 Å². The molecular weight excluding hydrogens is 204 g/mol. The van der Waals surface area contributed by atoms with Gasteiger partial charge in [-0.2, -0.15) is 0 Å². The van der Waals surface area contributed by atoms with E-state index in [1.165, 1.54) is 0 Å². The second-order valence-electron chi connectivity index (χ2n) is 3.59. The van der Waals surface area contributed by atoms with Crippen LogP contribution in [0.15, 0.2) is 18.3 Å². The first-order chi connectivity index (χ1) is 7.71. The second-order valence-corrected chi connectivity index (χ2v) is 3.59. The van der Waals surface area contributed by atoms with Gasteiger partial charge in [0, 0.05) is 12.0 Å². The molecule has 88 valence electrons. The Balaban J connectivity index is 2.62. The average Bonchev–Trinajstić information content (AvgIpc) is 2.31. The van der Waals surface area contributed by atoms with Crippen molar-refractivity contribution in [2.45, 2.75) is 26.7 Å². The molecule has 0 saturated heterocycles. The Morgan fingerprint density at radius 2 is 2.12 bits per heavy atom. The van der Waals surface area contributed by atoms with Crippen LogP contribution in [0.3, 0.4) is 0 Å². The molecule has 4 heteroatoms. The Hall–Kier alpha value is -1.58. The van der Waals surface area contributed by atoms with E-state index in [2.05, 4.69) is 10.3 Å². The van der Waals surface area contributed by atoms with Crippen LogP contribution >= 0.6 is 0 Å². The zero-order chi connectivity index (χ0) is 12.0. The molecule has 4 nitrogen and oxygen atoms in total. The number of rotatable bonds is 5. The number of amides is 1. The predicted octanol–water partition coefficient (Wildman–Crippen LogP) is 2.46. The smallest absolute Gasteiger partial charge is 0.227 e. The van der Waals surface area contributed by atoms with Crippen molar-refractivity contribution in [3.8, 4) is 5.88 Å². The first-order valence-electron chi connectivity index (χ1n) is 5.52. The minimum atomic E-state index is 0.0527. The first kappa shape index (κ1) is 12.5. The molecule has 0 aliphatic rings. The van der Waals surface area contributed by atoms with Gasteiger partial charge in [-0.1, -0.05) is 13.8 Å². The van der Waals surface area contributed by atoms with Gasteiger partial charge in [0.2, 0.25) is 11.8 Å². The van der Waals surface area contributed by atoms with Crippen LogP contribution in [0.25, 0.3) is 0 Å². The van der Waals surface area contributed by atoms with E-state index < -0.39 is 0 Å². The number of nitrogens with one attached hydrogen (secondary N) is 1. The fraction of sp³-hybridized carbons (Fsp3) is 0.500. The average molecular weight is 222 g/mol. The number of pyridine rings is 1. The van der Waals surface area contributed by atoms with Gasteiger partial charge in [0.1, 0.15) is 0 Å². The zero-order valence-electron chi connectivity index (χ0n) is 9.99. The SMILES string of the molecule is CCC(CC)C(=O)Nc1ccc(OC)nc1. The number of ether oxygens (including phenoxy) is 1. The molecule has 0 aromatic carbocycles. The quantitative estimate of drug-likeness (QED) is 0.832. The normalized spacial score (nSPS) is 10.2. The van der Waals surface area contributed by atoms with E-state index in [9.17, 15) is 4.79 Å². The molecule has 1 amide bonds. The number of carbonyl (C=O) groups excluding carboxylic acids is 1. The molecule has 0 spiro atoms. The van der Waals surface area contributed by atoms with E-state index in [4.69, 9.17) is 4.74 Å². The molecule has 1 aromatic heterocycles. The van der Waals surface area contributed by atoms with Gasteiger partial charge >= 0.3 is 0 Å². The largest absolute Gasteiger partial charge is 0.481 e. The first-order valence-corrected chi connectivity index (χ1v) is 5.52. The topological polar surface area (TPSA) is 51.2 Å². The highest BCUT2D eigenvalue weighted by Crippen LogP contribution is 2.14. The van der Waals surface area contributed by atoms with Crippen LogP contribution in [0.2, 0.25) is 0 Å². The number of nitrogens with zero attached hydrogens (tertiary/aromatic N) is 1. The van der Waals surface area contributed by atoms with Gasteiger partial charge in [0.25, 0.3) is 0 Å². The summed E-state index contributed by atoms with van der Waals surface area (Å²) in [4.78, 5) is 15.8. The van der Waals surface area contributed by atoms with E-state index >= 15 is 0 Å². The van der Waals surface area contributed by atoms with Crippen LogP contribution < -0.4 is 10.1 Å². The van der Waals surface area contributed by atoms with Gasteiger partial charge in [0.15, 0.2) is 0 Å². The summed E-state index contributed by atoms with van der Waals surface area (Å²) in [5.74, 6) is 0.666. The van der Waals surface area contributed by atoms with E-state index in [0.29, 0.717) is 11.6 Å². The van der Waals surface area contributed by atoms with Gasteiger partial charge in [-0.25, -0.2) is 4.98 Å². The molecular formula is C12H18N2O2. The number of carbonyl (C=O) groups is 1. The summed E-state index contributed by atoms with van der Waals surface area (Å²) < 4.78 is 4.94. The summed E-state index contributed by atoms with van der Waals surface area (Å²) in [6, 6.07) is 3.51. The van der Waals surface area contributed by atoms with Crippen LogP contribution in [0.4, 0.5) is 5.69 Å². The zero-order valence-corrected chi connectivity index (χ0v) is 9.99. The lowest BCUT2D eigenvalue weighted by Gasteiger charge is -2.12.